The number of amides is 2. The second-order valence-electron chi connectivity index (χ2n) is 13.6. The van der Waals surface area contributed by atoms with Crippen molar-refractivity contribution in [1.29, 1.82) is 0 Å². The van der Waals surface area contributed by atoms with Gasteiger partial charge in [0, 0.05) is 48.7 Å². The van der Waals surface area contributed by atoms with Gasteiger partial charge in [-0.3, -0.25) is 9.59 Å². The number of benzene rings is 4. The number of carbonyl (C=O) groups excluding carboxylic acids is 2. The number of carbonyl (C=O) groups is 2. The van der Waals surface area contributed by atoms with Crippen molar-refractivity contribution in [3.8, 4) is 0 Å². The monoisotopic (exact) mass is 627 g/mol. The van der Waals surface area contributed by atoms with E-state index in [9.17, 15) is 9.59 Å². The number of para-hydroxylation sites is 2. The molecule has 9 nitrogen and oxygen atoms in total. The maximum absolute atomic E-state index is 14.1. The predicted octanol–water partition coefficient (Wildman–Crippen LogP) is 5.47. The van der Waals surface area contributed by atoms with E-state index in [-0.39, 0.29) is 17.9 Å². The number of rotatable bonds is 5. The third kappa shape index (κ3) is 3.70. The number of nitrogens with zero attached hydrogens (tertiary/aromatic N) is 3. The van der Waals surface area contributed by atoms with Crippen LogP contribution in [0, 0.1) is 6.92 Å². The van der Waals surface area contributed by atoms with Gasteiger partial charge in [-0.2, -0.15) is 0 Å². The Balaban J connectivity index is 1.29. The molecule has 3 aliphatic heterocycles. The van der Waals surface area contributed by atoms with Gasteiger partial charge in [-0.05, 0) is 43.5 Å². The highest BCUT2D eigenvalue weighted by atomic mass is 16.6. The van der Waals surface area contributed by atoms with Gasteiger partial charge < -0.3 is 34.6 Å². The number of hydrogen-bond donors (Lipinski definition) is 2. The first-order valence-electron chi connectivity index (χ1n) is 16.3. The lowest BCUT2D eigenvalue weighted by molar-refractivity contribution is -0.266. The number of ether oxygens (including phenoxy) is 2. The Bertz CT molecular complexity index is 2300. The van der Waals surface area contributed by atoms with Gasteiger partial charge >= 0.3 is 0 Å². The highest BCUT2D eigenvalue weighted by Crippen LogP contribution is 2.54. The lowest BCUT2D eigenvalue weighted by atomic mass is 9.91. The normalized spacial score (nSPS) is 23.9. The van der Waals surface area contributed by atoms with Crippen LogP contribution >= 0.6 is 0 Å². The van der Waals surface area contributed by atoms with Crippen LogP contribution in [0.3, 0.4) is 0 Å². The third-order valence-corrected chi connectivity index (χ3v) is 10.9. The Morgan fingerprint density at radius 1 is 1.04 bits per heavy atom. The van der Waals surface area contributed by atoms with Crippen molar-refractivity contribution >= 4 is 55.4 Å². The quantitative estimate of drug-likeness (QED) is 0.264. The number of hydrogen-bond acceptors (Lipinski definition) is 5. The molecule has 47 heavy (non-hydrogen) atoms. The first-order valence-corrected chi connectivity index (χ1v) is 16.3. The van der Waals surface area contributed by atoms with Crippen molar-refractivity contribution in [2.24, 2.45) is 5.73 Å². The summed E-state index contributed by atoms with van der Waals surface area (Å²) in [5.41, 5.74) is 13.5. The molecule has 238 valence electrons. The highest BCUT2D eigenvalue weighted by molar-refractivity contribution is 6.31. The van der Waals surface area contributed by atoms with Crippen LogP contribution in [0.2, 0.25) is 0 Å². The van der Waals surface area contributed by atoms with Gasteiger partial charge in [0.2, 0.25) is 5.91 Å². The number of methoxy groups -OCH3 is 1. The largest absolute Gasteiger partial charge is 0.374 e. The summed E-state index contributed by atoms with van der Waals surface area (Å²) in [6.07, 6.45) is -0.0611. The molecule has 3 aliphatic rings. The molecule has 9 heteroatoms. The summed E-state index contributed by atoms with van der Waals surface area (Å²) in [5.74, 6) is -0.195. The van der Waals surface area contributed by atoms with E-state index in [0.717, 1.165) is 65.9 Å². The summed E-state index contributed by atoms with van der Waals surface area (Å²) in [4.78, 5) is 29.5. The minimum absolute atomic E-state index is 0.0541. The van der Waals surface area contributed by atoms with Crippen LogP contribution in [0.15, 0.2) is 72.8 Å². The molecule has 9 rings (SSSR count). The summed E-state index contributed by atoms with van der Waals surface area (Å²) in [6, 6.07) is 23.6. The molecule has 0 radical (unpaired) electrons. The molecular weight excluding hydrogens is 590 g/mol. The van der Waals surface area contributed by atoms with Crippen LogP contribution in [-0.2, 0) is 33.0 Å². The summed E-state index contributed by atoms with van der Waals surface area (Å²) in [6.45, 7) is 4.58. The van der Waals surface area contributed by atoms with Crippen LogP contribution < -0.4 is 11.1 Å². The molecule has 0 spiro atoms. The molecule has 5 atom stereocenters. The van der Waals surface area contributed by atoms with E-state index in [0.29, 0.717) is 19.4 Å². The molecule has 2 bridgehead atoms. The standard InChI is InChI=1S/C38H37N5O4/c1-20-13-15-21(16-14-20)17-25(39)37(45)41(3)28-18-29-42-26-11-7-5-9-22(26)31-32-24(19-40-36(32)44)30-23-10-6-8-12-27(23)43(34(30)33(31)42)38(2,47-29)35(28)46-4/h5-16,25,28-29,35H,17-19,39H2,1-4H3,(H,40,44). The van der Waals surface area contributed by atoms with Crippen molar-refractivity contribution in [1.82, 2.24) is 19.4 Å². The Morgan fingerprint density at radius 2 is 1.72 bits per heavy atom. The molecule has 5 heterocycles. The molecule has 3 N–H and O–H groups in total. The van der Waals surface area contributed by atoms with Crippen molar-refractivity contribution < 1.29 is 19.1 Å². The van der Waals surface area contributed by atoms with Crippen molar-refractivity contribution in [2.75, 3.05) is 14.2 Å². The van der Waals surface area contributed by atoms with Crippen LogP contribution in [0.5, 0.6) is 0 Å². The third-order valence-electron chi connectivity index (χ3n) is 10.9. The predicted molar refractivity (Wildman–Crippen MR) is 182 cm³/mol. The Labute approximate surface area is 271 Å². The summed E-state index contributed by atoms with van der Waals surface area (Å²) in [7, 11) is 3.54. The molecular formula is C38H37N5O4. The Kier molecular flexibility index (Phi) is 6.01. The highest BCUT2D eigenvalue weighted by Gasteiger charge is 2.55. The Hall–Kier alpha value is -4.70. The second-order valence-corrected chi connectivity index (χ2v) is 13.6. The molecule has 1 fully saturated rings. The number of nitrogens with two attached hydrogens (primary N) is 1. The minimum Gasteiger partial charge on any atom is -0.374 e. The zero-order valence-electron chi connectivity index (χ0n) is 26.9. The number of nitrogens with one attached hydrogen (secondary N) is 1. The van der Waals surface area contributed by atoms with E-state index in [1.807, 2.05) is 62.5 Å². The smallest absolute Gasteiger partial charge is 0.252 e. The van der Waals surface area contributed by atoms with E-state index in [1.165, 1.54) is 0 Å². The van der Waals surface area contributed by atoms with Crippen LogP contribution in [0.25, 0.3) is 43.6 Å². The minimum atomic E-state index is -1.02. The summed E-state index contributed by atoms with van der Waals surface area (Å²) in [5, 5.41) is 7.19. The van der Waals surface area contributed by atoms with Gasteiger partial charge in [0.25, 0.3) is 5.91 Å². The van der Waals surface area contributed by atoms with Gasteiger partial charge in [-0.1, -0.05) is 66.2 Å². The van der Waals surface area contributed by atoms with E-state index in [1.54, 1.807) is 12.0 Å². The number of aryl methyl sites for hydroxylation is 1. The molecule has 2 amide bonds. The van der Waals surface area contributed by atoms with Gasteiger partial charge in [0.1, 0.15) is 12.3 Å². The van der Waals surface area contributed by atoms with E-state index >= 15 is 0 Å². The first kappa shape index (κ1) is 28.5. The van der Waals surface area contributed by atoms with Crippen LogP contribution in [-0.4, -0.2) is 58.2 Å². The molecule has 0 aliphatic carbocycles. The van der Waals surface area contributed by atoms with Gasteiger partial charge in [0.05, 0.1) is 39.7 Å². The number of fused-ring (bicyclic) bond motifs is 13. The van der Waals surface area contributed by atoms with Crippen molar-refractivity contribution in [3.05, 3.63) is 95.1 Å². The Morgan fingerprint density at radius 3 is 2.45 bits per heavy atom. The average Bonchev–Trinajstić information content (AvgIpc) is 3.72. The van der Waals surface area contributed by atoms with Crippen LogP contribution in [0.4, 0.5) is 0 Å². The fourth-order valence-electron chi connectivity index (χ4n) is 8.88. The number of likely N-dealkylation sites (N-methyl/N-ethyl adjacent to an activating group) is 1. The molecule has 1 saturated heterocycles. The maximum Gasteiger partial charge on any atom is 0.252 e. The van der Waals surface area contributed by atoms with Crippen molar-refractivity contribution in [3.63, 3.8) is 0 Å². The van der Waals surface area contributed by atoms with E-state index in [4.69, 9.17) is 15.2 Å². The zero-order valence-corrected chi connectivity index (χ0v) is 26.9. The topological polar surface area (TPSA) is 104 Å². The van der Waals surface area contributed by atoms with Gasteiger partial charge in [-0.25, -0.2) is 0 Å². The fourth-order valence-corrected chi connectivity index (χ4v) is 8.88. The maximum atomic E-state index is 14.1. The van der Waals surface area contributed by atoms with Crippen molar-refractivity contribution in [2.45, 2.75) is 63.4 Å². The van der Waals surface area contributed by atoms with E-state index in [2.05, 4.69) is 45.6 Å². The molecule has 5 unspecified atom stereocenters. The molecule has 0 saturated carbocycles. The molecule has 2 aromatic heterocycles. The van der Waals surface area contributed by atoms with Gasteiger partial charge in [-0.15, -0.1) is 0 Å². The fraction of sp³-hybridized carbons (Fsp3) is 0.316. The summed E-state index contributed by atoms with van der Waals surface area (Å²) >= 11 is 0. The number of aromatic nitrogens is 2. The first-order chi connectivity index (χ1) is 22.7. The molecule has 6 aromatic rings. The van der Waals surface area contributed by atoms with Gasteiger partial charge in [0.15, 0.2) is 5.72 Å². The van der Waals surface area contributed by atoms with E-state index < -0.39 is 24.1 Å². The lowest BCUT2D eigenvalue weighted by Gasteiger charge is -2.50. The second kappa shape index (κ2) is 9.90. The average molecular weight is 628 g/mol. The van der Waals surface area contributed by atoms with Crippen LogP contribution in [0.1, 0.15) is 46.6 Å². The zero-order chi connectivity index (χ0) is 32.4. The molecule has 4 aromatic carbocycles. The summed E-state index contributed by atoms with van der Waals surface area (Å²) < 4.78 is 18.2. The SMILES string of the molecule is COC1C(N(C)C(=O)C(N)Cc2ccc(C)cc2)CC2OC1(C)n1c3ccccc3c3c4c(c5c6ccccc6n2c5c31)C(=O)NC4. The lowest BCUT2D eigenvalue weighted by Crippen LogP contribution is -2.62.